The molecule has 2 atom stereocenters. The predicted molar refractivity (Wildman–Crippen MR) is 123 cm³/mol. The third kappa shape index (κ3) is 4.65. The number of rotatable bonds is 8. The van der Waals surface area contributed by atoms with Gasteiger partial charge in [0.25, 0.3) is 11.8 Å². The summed E-state index contributed by atoms with van der Waals surface area (Å²) in [6.07, 6.45) is 0. The van der Waals surface area contributed by atoms with Gasteiger partial charge in [0, 0.05) is 11.5 Å². The van der Waals surface area contributed by atoms with Crippen LogP contribution in [0.15, 0.2) is 44.5 Å². The van der Waals surface area contributed by atoms with E-state index in [1.807, 2.05) is 0 Å². The quantitative estimate of drug-likeness (QED) is 0.195. The largest absolute Gasteiger partial charge is 0.477 e. The number of nitrogens with one attached hydrogen (secondary N) is 1. The molecule has 33 heavy (non-hydrogen) atoms. The number of aliphatic carboxylic acids is 1. The van der Waals surface area contributed by atoms with Gasteiger partial charge in [-0.3, -0.25) is 14.5 Å². The molecule has 172 valence electrons. The monoisotopic (exact) mass is 507 g/mol. The minimum Gasteiger partial charge on any atom is -0.477 e. The Morgan fingerprint density at radius 2 is 2.27 bits per heavy atom. The average Bonchev–Trinajstić information content (AvgIpc) is 3.32. The Morgan fingerprint density at radius 3 is 2.94 bits per heavy atom. The van der Waals surface area contributed by atoms with Crippen LogP contribution in [0.3, 0.4) is 0 Å². The highest BCUT2D eigenvalue weighted by molar-refractivity contribution is 8.01. The lowest BCUT2D eigenvalue weighted by atomic mass is 10.0. The second kappa shape index (κ2) is 9.76. The number of fused-ring (bicyclic) bond motifs is 1. The number of carbonyl (C=O) groups excluding carboxylic acids is 2. The normalized spacial score (nSPS) is 20.2. The summed E-state index contributed by atoms with van der Waals surface area (Å²) in [5, 5.41) is 23.2. The van der Waals surface area contributed by atoms with Crippen molar-refractivity contribution in [3.63, 3.8) is 0 Å². The molecule has 4 rings (SSSR count). The van der Waals surface area contributed by atoms with Gasteiger partial charge in [-0.05, 0) is 17.7 Å². The number of hydrogen-bond donors (Lipinski definition) is 3. The molecule has 4 N–H and O–H groups in total. The van der Waals surface area contributed by atoms with Crippen molar-refractivity contribution in [1.82, 2.24) is 25.4 Å². The number of carboxylic acids is 1. The molecule has 0 aromatic carbocycles. The van der Waals surface area contributed by atoms with Crippen LogP contribution in [0, 0.1) is 0 Å². The molecular formula is C18H17N7O5S3. The summed E-state index contributed by atoms with van der Waals surface area (Å²) in [5.74, 6) is -1.46. The number of β-lactam (4-membered cyclic amide) rings is 1. The summed E-state index contributed by atoms with van der Waals surface area (Å²) < 4.78 is 0.708. The van der Waals surface area contributed by atoms with Gasteiger partial charge in [-0.15, -0.1) is 22.0 Å². The number of hydrogen-bond acceptors (Lipinski definition) is 12. The highest BCUT2D eigenvalue weighted by Crippen LogP contribution is 2.41. The molecule has 0 bridgehead atoms. The molecule has 2 aliphatic heterocycles. The van der Waals surface area contributed by atoms with E-state index < -0.39 is 29.2 Å². The van der Waals surface area contributed by atoms with Gasteiger partial charge in [0.1, 0.15) is 41.2 Å². The van der Waals surface area contributed by atoms with Crippen LogP contribution >= 0.6 is 34.9 Å². The molecule has 0 spiro atoms. The third-order valence-corrected chi connectivity index (χ3v) is 7.94. The number of nitrogens with zero attached hydrogens (tertiary/aromatic N) is 5. The Morgan fingerprint density at radius 1 is 1.45 bits per heavy atom. The molecule has 1 unspecified atom stereocenters. The molecule has 2 aromatic rings. The summed E-state index contributed by atoms with van der Waals surface area (Å²) in [6, 6.07) is 3.77. The minimum atomic E-state index is -1.20. The van der Waals surface area contributed by atoms with Gasteiger partial charge in [-0.2, -0.15) is 0 Å². The van der Waals surface area contributed by atoms with Crippen LogP contribution in [-0.4, -0.2) is 78.7 Å². The molecule has 12 nitrogen and oxygen atoms in total. The van der Waals surface area contributed by atoms with Crippen LogP contribution in [0.25, 0.3) is 0 Å². The van der Waals surface area contributed by atoms with Gasteiger partial charge in [-0.1, -0.05) is 34.3 Å². The second-order valence-electron chi connectivity index (χ2n) is 6.68. The molecule has 2 amide bonds. The Balaban J connectivity index is 1.50. The average molecular weight is 508 g/mol. The van der Waals surface area contributed by atoms with E-state index in [-0.39, 0.29) is 22.9 Å². The molecule has 4 heterocycles. The highest BCUT2D eigenvalue weighted by Gasteiger charge is 2.54. The Bertz CT molecular complexity index is 1150. The standard InChI is InChI=1S/C18H17N7O5S3/c1-30-24-11(9-3-2-4-10(19)21-9)14(26)22-12-15(27)25-13(17(28)29)8(5-31-16(12)25)6-32-18-23-20-7-33-18/h2-4,7,12,16H,5-6H2,1H3,(H2,19,21)(H,22,26)(H,28,29)/b24-11-/t12?,16-/m1/s1. The van der Waals surface area contributed by atoms with Gasteiger partial charge < -0.3 is 21.0 Å². The number of nitrogens with two attached hydrogens (primary N) is 1. The van der Waals surface area contributed by atoms with Crippen molar-refractivity contribution in [2.24, 2.45) is 5.16 Å². The van der Waals surface area contributed by atoms with Gasteiger partial charge in [0.2, 0.25) is 0 Å². The van der Waals surface area contributed by atoms with Crippen molar-refractivity contribution in [2.75, 3.05) is 24.3 Å². The van der Waals surface area contributed by atoms with Gasteiger partial charge in [0.15, 0.2) is 10.1 Å². The van der Waals surface area contributed by atoms with E-state index in [0.29, 0.717) is 21.4 Å². The number of anilines is 1. The summed E-state index contributed by atoms with van der Waals surface area (Å²) >= 11 is 4.08. The molecule has 2 aliphatic rings. The van der Waals surface area contributed by atoms with Crippen molar-refractivity contribution in [3.05, 3.63) is 40.7 Å². The maximum atomic E-state index is 12.9. The molecular weight excluding hydrogens is 490 g/mol. The maximum absolute atomic E-state index is 12.9. The number of pyridine rings is 1. The first-order valence-electron chi connectivity index (χ1n) is 9.34. The Kier molecular flexibility index (Phi) is 6.80. The number of nitrogen functional groups attached to an aromatic ring is 1. The Hall–Kier alpha value is -3.17. The van der Waals surface area contributed by atoms with Crippen LogP contribution < -0.4 is 11.1 Å². The smallest absolute Gasteiger partial charge is 0.352 e. The van der Waals surface area contributed by atoms with Crippen molar-refractivity contribution < 1.29 is 24.3 Å². The number of carbonyl (C=O) groups is 3. The summed E-state index contributed by atoms with van der Waals surface area (Å²) in [6.45, 7) is 0. The lowest BCUT2D eigenvalue weighted by Crippen LogP contribution is -2.71. The first kappa shape index (κ1) is 23.0. The molecule has 15 heteroatoms. The van der Waals surface area contributed by atoms with Crippen LogP contribution in [0.4, 0.5) is 5.82 Å². The number of aromatic nitrogens is 3. The van der Waals surface area contributed by atoms with E-state index in [4.69, 9.17) is 10.6 Å². The number of oxime groups is 1. The molecule has 0 aliphatic carbocycles. The van der Waals surface area contributed by atoms with E-state index in [0.717, 1.165) is 0 Å². The van der Waals surface area contributed by atoms with Crippen molar-refractivity contribution in [2.45, 2.75) is 15.8 Å². The van der Waals surface area contributed by atoms with E-state index >= 15 is 0 Å². The van der Waals surface area contributed by atoms with E-state index in [1.54, 1.807) is 17.6 Å². The van der Waals surface area contributed by atoms with E-state index in [9.17, 15) is 19.5 Å². The van der Waals surface area contributed by atoms with Gasteiger partial charge >= 0.3 is 5.97 Å². The zero-order valence-electron chi connectivity index (χ0n) is 17.0. The fraction of sp³-hybridized carbons (Fsp3) is 0.278. The molecule has 0 radical (unpaired) electrons. The number of thioether (sulfide) groups is 2. The molecule has 1 fully saturated rings. The summed E-state index contributed by atoms with van der Waals surface area (Å²) in [5.41, 5.74) is 7.84. The second-order valence-corrected chi connectivity index (χ2v) is 9.84. The molecule has 2 aromatic heterocycles. The van der Waals surface area contributed by atoms with E-state index in [2.05, 4.69) is 25.7 Å². The van der Waals surface area contributed by atoms with Crippen LogP contribution in [0.2, 0.25) is 0 Å². The number of carboxylic acid groups (broad SMARTS) is 1. The zero-order chi connectivity index (χ0) is 23.5. The summed E-state index contributed by atoms with van der Waals surface area (Å²) in [4.78, 5) is 47.7. The first-order valence-corrected chi connectivity index (χ1v) is 12.3. The highest BCUT2D eigenvalue weighted by atomic mass is 32.2. The molecule has 1 saturated heterocycles. The first-order chi connectivity index (χ1) is 15.9. The number of amides is 2. The van der Waals surface area contributed by atoms with Gasteiger partial charge in [-0.25, -0.2) is 9.78 Å². The van der Waals surface area contributed by atoms with Crippen molar-refractivity contribution >= 4 is 64.2 Å². The minimum absolute atomic E-state index is 0.0606. The lowest BCUT2D eigenvalue weighted by Gasteiger charge is -2.49. The lowest BCUT2D eigenvalue weighted by molar-refractivity contribution is -0.150. The Labute approximate surface area is 199 Å². The zero-order valence-corrected chi connectivity index (χ0v) is 19.4. The van der Waals surface area contributed by atoms with Crippen LogP contribution in [-0.2, 0) is 19.2 Å². The fourth-order valence-electron chi connectivity index (χ4n) is 3.26. The fourth-order valence-corrected chi connectivity index (χ4v) is 6.23. The van der Waals surface area contributed by atoms with Crippen molar-refractivity contribution in [3.8, 4) is 0 Å². The maximum Gasteiger partial charge on any atom is 0.352 e. The van der Waals surface area contributed by atoms with Crippen LogP contribution in [0.5, 0.6) is 0 Å². The predicted octanol–water partition coefficient (Wildman–Crippen LogP) is 0.397. The third-order valence-electron chi connectivity index (χ3n) is 4.66. The van der Waals surface area contributed by atoms with E-state index in [1.165, 1.54) is 52.9 Å². The SMILES string of the molecule is CO/N=C(\C(=O)NC1C(=O)N2C(C(=O)O)=C(CSc3nncs3)CS[C@H]12)c1cccc(N)n1. The topological polar surface area (TPSA) is 173 Å². The van der Waals surface area contributed by atoms with Crippen molar-refractivity contribution in [1.29, 1.82) is 0 Å². The molecule has 0 saturated carbocycles. The van der Waals surface area contributed by atoms with Crippen LogP contribution in [0.1, 0.15) is 5.69 Å². The summed E-state index contributed by atoms with van der Waals surface area (Å²) in [7, 11) is 1.28. The van der Waals surface area contributed by atoms with Gasteiger partial charge in [0.05, 0.1) is 0 Å².